The highest BCUT2D eigenvalue weighted by Gasteiger charge is 2.15. The van der Waals surface area contributed by atoms with Crippen molar-refractivity contribution in [2.45, 2.75) is 24.6 Å². The minimum atomic E-state index is -3.61. The van der Waals surface area contributed by atoms with E-state index in [2.05, 4.69) is 9.71 Å². The Kier molecular flexibility index (Phi) is 5.84. The number of aromatic nitrogens is 1. The number of sulfonamides is 1. The first-order chi connectivity index (χ1) is 11.0. The molecule has 0 saturated carbocycles. The van der Waals surface area contributed by atoms with Gasteiger partial charge in [-0.2, -0.15) is 0 Å². The highest BCUT2D eigenvalue weighted by Crippen LogP contribution is 2.21. The van der Waals surface area contributed by atoms with E-state index in [1.807, 2.05) is 25.1 Å². The Morgan fingerprint density at radius 1 is 1.30 bits per heavy atom. The van der Waals surface area contributed by atoms with Crippen LogP contribution in [0.3, 0.4) is 0 Å². The lowest BCUT2D eigenvalue weighted by molar-refractivity contribution is 0.110. The molecule has 0 aliphatic rings. The lowest BCUT2D eigenvalue weighted by Crippen LogP contribution is -2.24. The van der Waals surface area contributed by atoms with Crippen molar-refractivity contribution in [1.29, 1.82) is 0 Å². The van der Waals surface area contributed by atoms with Gasteiger partial charge in [-0.25, -0.2) is 18.1 Å². The molecular formula is C16H21N3O3S. The van der Waals surface area contributed by atoms with Crippen LogP contribution in [0, 0.1) is 6.92 Å². The van der Waals surface area contributed by atoms with E-state index in [-0.39, 0.29) is 17.7 Å². The molecule has 0 fully saturated rings. The summed E-state index contributed by atoms with van der Waals surface area (Å²) in [6.07, 6.45) is 1.29. The maximum absolute atomic E-state index is 12.1. The number of nitrogens with two attached hydrogens (primary N) is 1. The van der Waals surface area contributed by atoms with E-state index in [1.54, 1.807) is 19.2 Å². The molecule has 1 aromatic carbocycles. The zero-order valence-corrected chi connectivity index (χ0v) is 14.0. The monoisotopic (exact) mass is 335 g/mol. The third kappa shape index (κ3) is 4.35. The van der Waals surface area contributed by atoms with Crippen LogP contribution in [0.1, 0.15) is 22.8 Å². The van der Waals surface area contributed by atoms with Crippen LogP contribution in [0.4, 0.5) is 0 Å². The van der Waals surface area contributed by atoms with Gasteiger partial charge in [0.1, 0.15) is 0 Å². The fraction of sp³-hybridized carbons (Fsp3) is 0.312. The fourth-order valence-corrected chi connectivity index (χ4v) is 3.28. The van der Waals surface area contributed by atoms with Crippen LogP contribution < -0.4 is 10.5 Å². The van der Waals surface area contributed by atoms with E-state index in [1.165, 1.54) is 12.3 Å². The van der Waals surface area contributed by atoms with Gasteiger partial charge < -0.3 is 10.5 Å². The lowest BCUT2D eigenvalue weighted by atomic mass is 10.0. The van der Waals surface area contributed by atoms with Gasteiger partial charge in [-0.05, 0) is 35.7 Å². The first-order valence-electron chi connectivity index (χ1n) is 7.21. The molecule has 124 valence electrons. The van der Waals surface area contributed by atoms with Crippen molar-refractivity contribution in [2.75, 3.05) is 13.7 Å². The van der Waals surface area contributed by atoms with Crippen LogP contribution in [-0.4, -0.2) is 27.1 Å². The van der Waals surface area contributed by atoms with Crippen LogP contribution in [0.5, 0.6) is 0 Å². The molecule has 7 heteroatoms. The van der Waals surface area contributed by atoms with E-state index >= 15 is 0 Å². The first kappa shape index (κ1) is 17.6. The average molecular weight is 335 g/mol. The zero-order chi connectivity index (χ0) is 16.9. The Morgan fingerprint density at radius 3 is 2.65 bits per heavy atom. The predicted octanol–water partition coefficient (Wildman–Crippen LogP) is 1.51. The predicted molar refractivity (Wildman–Crippen MR) is 88.2 cm³/mol. The van der Waals surface area contributed by atoms with Gasteiger partial charge in [-0.15, -0.1) is 0 Å². The minimum absolute atomic E-state index is 0.0101. The number of nitrogens with one attached hydrogen (secondary N) is 1. The standard InChI is InChI=1S/C16H21N3O3S/c1-12-9-13(6-7-14(12)15(10-17)22-2)11-19-23(20,21)16-5-3-4-8-18-16/h3-9,15,19H,10-11,17H2,1-2H3. The van der Waals surface area contributed by atoms with Crippen LogP contribution in [-0.2, 0) is 21.3 Å². The molecule has 2 rings (SSSR count). The van der Waals surface area contributed by atoms with Crippen molar-refractivity contribution in [2.24, 2.45) is 5.73 Å². The number of methoxy groups -OCH3 is 1. The van der Waals surface area contributed by atoms with Crippen molar-refractivity contribution >= 4 is 10.0 Å². The number of ether oxygens (including phenoxy) is 1. The van der Waals surface area contributed by atoms with Gasteiger partial charge in [0.25, 0.3) is 10.0 Å². The molecule has 23 heavy (non-hydrogen) atoms. The first-order valence-corrected chi connectivity index (χ1v) is 8.69. The molecule has 0 amide bonds. The highest BCUT2D eigenvalue weighted by molar-refractivity contribution is 7.89. The normalized spacial score (nSPS) is 13.0. The molecule has 2 aromatic rings. The summed E-state index contributed by atoms with van der Waals surface area (Å²) in [5.41, 5.74) is 8.55. The number of nitrogens with zero attached hydrogens (tertiary/aromatic N) is 1. The summed E-state index contributed by atoms with van der Waals surface area (Å²) >= 11 is 0. The molecule has 0 aliphatic heterocycles. The molecule has 3 N–H and O–H groups in total. The number of pyridine rings is 1. The molecule has 0 spiro atoms. The Bertz CT molecular complexity index is 744. The molecule has 6 nitrogen and oxygen atoms in total. The summed E-state index contributed by atoms with van der Waals surface area (Å²) in [7, 11) is -2.00. The molecule has 1 atom stereocenters. The number of aryl methyl sites for hydroxylation is 1. The third-order valence-corrected chi connectivity index (χ3v) is 4.88. The van der Waals surface area contributed by atoms with E-state index in [9.17, 15) is 8.42 Å². The number of rotatable bonds is 7. The summed E-state index contributed by atoms with van der Waals surface area (Å²) in [4.78, 5) is 3.86. The molecular weight excluding hydrogens is 314 g/mol. The topological polar surface area (TPSA) is 94.3 Å². The molecule has 1 heterocycles. The number of benzene rings is 1. The average Bonchev–Trinajstić information content (AvgIpc) is 2.56. The summed E-state index contributed by atoms with van der Waals surface area (Å²) in [6, 6.07) is 10.5. The number of hydrogen-bond acceptors (Lipinski definition) is 5. The van der Waals surface area contributed by atoms with Gasteiger partial charge >= 0.3 is 0 Å². The summed E-state index contributed by atoms with van der Waals surface area (Å²) in [6.45, 7) is 2.54. The second-order valence-electron chi connectivity index (χ2n) is 5.14. The van der Waals surface area contributed by atoms with Crippen molar-refractivity contribution < 1.29 is 13.2 Å². The molecule has 0 radical (unpaired) electrons. The van der Waals surface area contributed by atoms with Gasteiger partial charge in [0, 0.05) is 26.4 Å². The zero-order valence-electron chi connectivity index (χ0n) is 13.2. The quantitative estimate of drug-likeness (QED) is 0.800. The van der Waals surface area contributed by atoms with E-state index < -0.39 is 10.0 Å². The van der Waals surface area contributed by atoms with E-state index in [0.29, 0.717) is 6.54 Å². The summed E-state index contributed by atoms with van der Waals surface area (Å²) in [5, 5.41) is 0.0101. The van der Waals surface area contributed by atoms with Gasteiger partial charge in [0.2, 0.25) is 0 Å². The third-order valence-electron chi connectivity index (χ3n) is 3.56. The maximum atomic E-state index is 12.1. The van der Waals surface area contributed by atoms with Crippen LogP contribution >= 0.6 is 0 Å². The Labute approximate surface area is 136 Å². The largest absolute Gasteiger partial charge is 0.375 e. The summed E-state index contributed by atoms with van der Waals surface area (Å²) < 4.78 is 32.2. The second-order valence-corrected chi connectivity index (χ2v) is 6.86. The Morgan fingerprint density at radius 2 is 2.09 bits per heavy atom. The van der Waals surface area contributed by atoms with Crippen molar-refractivity contribution in [1.82, 2.24) is 9.71 Å². The smallest absolute Gasteiger partial charge is 0.258 e. The van der Waals surface area contributed by atoms with E-state index in [4.69, 9.17) is 10.5 Å². The van der Waals surface area contributed by atoms with Crippen molar-refractivity contribution in [3.8, 4) is 0 Å². The van der Waals surface area contributed by atoms with Gasteiger partial charge in [0.15, 0.2) is 5.03 Å². The highest BCUT2D eigenvalue weighted by atomic mass is 32.2. The van der Waals surface area contributed by atoms with Crippen molar-refractivity contribution in [3.05, 3.63) is 59.3 Å². The molecule has 1 unspecified atom stereocenters. The lowest BCUT2D eigenvalue weighted by Gasteiger charge is -2.17. The SMILES string of the molecule is COC(CN)c1ccc(CNS(=O)(=O)c2ccccn2)cc1C. The van der Waals surface area contributed by atoms with Crippen LogP contribution in [0.2, 0.25) is 0 Å². The minimum Gasteiger partial charge on any atom is -0.375 e. The second kappa shape index (κ2) is 7.65. The van der Waals surface area contributed by atoms with Gasteiger partial charge in [-0.3, -0.25) is 0 Å². The molecule has 0 aliphatic carbocycles. The molecule has 0 bridgehead atoms. The van der Waals surface area contributed by atoms with Gasteiger partial charge in [-0.1, -0.05) is 24.3 Å². The van der Waals surface area contributed by atoms with Crippen molar-refractivity contribution in [3.63, 3.8) is 0 Å². The summed E-state index contributed by atoms with van der Waals surface area (Å²) in [5.74, 6) is 0. The fourth-order valence-electron chi connectivity index (χ4n) is 2.32. The maximum Gasteiger partial charge on any atom is 0.258 e. The van der Waals surface area contributed by atoms with E-state index in [0.717, 1.165) is 16.7 Å². The number of hydrogen-bond donors (Lipinski definition) is 2. The molecule has 1 aromatic heterocycles. The Balaban J connectivity index is 2.11. The van der Waals surface area contributed by atoms with Crippen LogP contribution in [0.15, 0.2) is 47.6 Å². The molecule has 0 saturated heterocycles. The van der Waals surface area contributed by atoms with Crippen LogP contribution in [0.25, 0.3) is 0 Å². The Hall–Kier alpha value is -1.80. The van der Waals surface area contributed by atoms with Gasteiger partial charge in [0.05, 0.1) is 6.10 Å².